The lowest BCUT2D eigenvalue weighted by Gasteiger charge is -2.21. The van der Waals surface area contributed by atoms with E-state index in [0.717, 1.165) is 12.0 Å². The lowest BCUT2D eigenvalue weighted by atomic mass is 9.85. The van der Waals surface area contributed by atoms with Crippen molar-refractivity contribution in [2.24, 2.45) is 5.92 Å². The summed E-state index contributed by atoms with van der Waals surface area (Å²) in [6.07, 6.45) is 8.85. The summed E-state index contributed by atoms with van der Waals surface area (Å²) >= 11 is 0. The molecule has 1 saturated carbocycles. The number of nitrogen functional groups attached to an aromatic ring is 1. The molecular formula is C12H17N3O2. The van der Waals surface area contributed by atoms with Gasteiger partial charge >= 0.3 is 5.69 Å². The van der Waals surface area contributed by atoms with Crippen LogP contribution in [0.25, 0.3) is 0 Å². The second-order valence-corrected chi connectivity index (χ2v) is 4.71. The number of pyridine rings is 1. The lowest BCUT2D eigenvalue weighted by molar-refractivity contribution is -0.384. The van der Waals surface area contributed by atoms with Gasteiger partial charge in [-0.2, -0.15) is 0 Å². The molecule has 5 heteroatoms. The molecule has 17 heavy (non-hydrogen) atoms. The topological polar surface area (TPSA) is 82.0 Å². The van der Waals surface area contributed by atoms with E-state index in [4.69, 9.17) is 5.73 Å². The summed E-state index contributed by atoms with van der Waals surface area (Å²) in [7, 11) is 0. The summed E-state index contributed by atoms with van der Waals surface area (Å²) < 4.78 is 0. The van der Waals surface area contributed by atoms with Crippen LogP contribution in [0.1, 0.15) is 37.7 Å². The van der Waals surface area contributed by atoms with E-state index in [-0.39, 0.29) is 11.5 Å². The van der Waals surface area contributed by atoms with Gasteiger partial charge in [-0.1, -0.05) is 32.1 Å². The molecule has 0 unspecified atom stereocenters. The smallest absolute Gasteiger partial charge is 0.311 e. The average Bonchev–Trinajstić information content (AvgIpc) is 2.32. The van der Waals surface area contributed by atoms with Gasteiger partial charge in [-0.05, 0) is 17.9 Å². The van der Waals surface area contributed by atoms with Crippen LogP contribution >= 0.6 is 0 Å². The zero-order chi connectivity index (χ0) is 12.3. The van der Waals surface area contributed by atoms with Crippen LogP contribution in [0.4, 0.5) is 11.5 Å². The van der Waals surface area contributed by atoms with E-state index in [1.807, 2.05) is 0 Å². The summed E-state index contributed by atoms with van der Waals surface area (Å²) in [4.78, 5) is 14.2. The minimum absolute atomic E-state index is 0.00222. The van der Waals surface area contributed by atoms with Crippen molar-refractivity contribution in [2.45, 2.75) is 38.5 Å². The molecule has 1 fully saturated rings. The number of hydrogen-bond donors (Lipinski definition) is 1. The first-order chi connectivity index (χ1) is 8.16. The van der Waals surface area contributed by atoms with Crippen LogP contribution in [0.3, 0.4) is 0 Å². The maximum absolute atomic E-state index is 10.8. The molecule has 0 aliphatic heterocycles. The van der Waals surface area contributed by atoms with Gasteiger partial charge in [0.05, 0.1) is 4.92 Å². The van der Waals surface area contributed by atoms with Crippen LogP contribution in [0.2, 0.25) is 0 Å². The first-order valence-electron chi connectivity index (χ1n) is 6.05. The quantitative estimate of drug-likeness (QED) is 0.645. The van der Waals surface area contributed by atoms with E-state index in [2.05, 4.69) is 4.98 Å². The number of anilines is 1. The third-order valence-corrected chi connectivity index (χ3v) is 3.40. The van der Waals surface area contributed by atoms with Gasteiger partial charge < -0.3 is 5.73 Å². The molecule has 2 rings (SSSR count). The van der Waals surface area contributed by atoms with E-state index in [1.54, 1.807) is 12.3 Å². The SMILES string of the molecule is Nc1ncc(CC2CCCCC2)cc1[N+](=O)[O-]. The van der Waals surface area contributed by atoms with Gasteiger partial charge in [-0.25, -0.2) is 4.98 Å². The number of nitro groups is 1. The molecule has 5 nitrogen and oxygen atoms in total. The Hall–Kier alpha value is -1.65. The van der Waals surface area contributed by atoms with Crippen LogP contribution in [0, 0.1) is 16.0 Å². The summed E-state index contributed by atoms with van der Waals surface area (Å²) in [5, 5.41) is 10.8. The van der Waals surface area contributed by atoms with Crippen molar-refractivity contribution < 1.29 is 4.92 Å². The third-order valence-electron chi connectivity index (χ3n) is 3.40. The van der Waals surface area contributed by atoms with E-state index in [1.165, 1.54) is 32.1 Å². The fourth-order valence-corrected chi connectivity index (χ4v) is 2.49. The Bertz CT molecular complexity index is 414. The van der Waals surface area contributed by atoms with Gasteiger partial charge in [-0.3, -0.25) is 10.1 Å². The third kappa shape index (κ3) is 2.93. The lowest BCUT2D eigenvalue weighted by Crippen LogP contribution is -2.10. The van der Waals surface area contributed by atoms with Gasteiger partial charge in [0.1, 0.15) is 0 Å². The number of rotatable bonds is 3. The van der Waals surface area contributed by atoms with Crippen LogP contribution in [-0.4, -0.2) is 9.91 Å². The Morgan fingerprint density at radius 3 is 2.76 bits per heavy atom. The molecule has 0 spiro atoms. The van der Waals surface area contributed by atoms with Crippen LogP contribution < -0.4 is 5.73 Å². The maximum atomic E-state index is 10.8. The molecule has 0 aromatic carbocycles. The fourth-order valence-electron chi connectivity index (χ4n) is 2.49. The molecular weight excluding hydrogens is 218 g/mol. The van der Waals surface area contributed by atoms with Crippen molar-refractivity contribution in [3.05, 3.63) is 27.9 Å². The molecule has 1 heterocycles. The zero-order valence-corrected chi connectivity index (χ0v) is 9.76. The second kappa shape index (κ2) is 5.12. The largest absolute Gasteiger partial charge is 0.378 e. The Kier molecular flexibility index (Phi) is 3.56. The Labute approximate surface area is 100 Å². The highest BCUT2D eigenvalue weighted by Gasteiger charge is 2.17. The van der Waals surface area contributed by atoms with Crippen molar-refractivity contribution in [1.82, 2.24) is 4.98 Å². The van der Waals surface area contributed by atoms with Crippen LogP contribution in [0.5, 0.6) is 0 Å². The minimum Gasteiger partial charge on any atom is -0.378 e. The first kappa shape index (κ1) is 11.8. The van der Waals surface area contributed by atoms with Gasteiger partial charge in [0, 0.05) is 12.3 Å². The van der Waals surface area contributed by atoms with Gasteiger partial charge in [0.25, 0.3) is 0 Å². The minimum atomic E-state index is -0.466. The standard InChI is InChI=1S/C12H17N3O2/c13-12-11(15(16)17)7-10(8-14-12)6-9-4-2-1-3-5-9/h7-9H,1-6H2,(H2,13,14). The van der Waals surface area contributed by atoms with Gasteiger partial charge in [0.2, 0.25) is 5.82 Å². The van der Waals surface area contributed by atoms with Gasteiger partial charge in [-0.15, -0.1) is 0 Å². The average molecular weight is 235 g/mol. The zero-order valence-electron chi connectivity index (χ0n) is 9.76. The molecule has 2 N–H and O–H groups in total. The number of nitrogens with two attached hydrogens (primary N) is 1. The predicted molar refractivity (Wildman–Crippen MR) is 65.6 cm³/mol. The molecule has 0 atom stereocenters. The summed E-state index contributed by atoms with van der Waals surface area (Å²) in [6, 6.07) is 1.57. The Morgan fingerprint density at radius 2 is 2.12 bits per heavy atom. The summed E-state index contributed by atoms with van der Waals surface area (Å²) in [5.41, 5.74) is 6.33. The molecule has 0 saturated heterocycles. The predicted octanol–water partition coefficient (Wildman–Crippen LogP) is 2.69. The van der Waals surface area contributed by atoms with Gasteiger partial charge in [0.15, 0.2) is 0 Å². The van der Waals surface area contributed by atoms with Crippen molar-refractivity contribution in [3.63, 3.8) is 0 Å². The second-order valence-electron chi connectivity index (χ2n) is 4.71. The molecule has 0 amide bonds. The molecule has 92 valence electrons. The van der Waals surface area contributed by atoms with Crippen LogP contribution in [0.15, 0.2) is 12.3 Å². The van der Waals surface area contributed by atoms with Crippen molar-refractivity contribution in [3.8, 4) is 0 Å². The molecule has 1 aromatic rings. The first-order valence-corrected chi connectivity index (χ1v) is 6.05. The fraction of sp³-hybridized carbons (Fsp3) is 0.583. The number of hydrogen-bond acceptors (Lipinski definition) is 4. The highest BCUT2D eigenvalue weighted by atomic mass is 16.6. The van der Waals surface area contributed by atoms with Crippen LogP contribution in [-0.2, 0) is 6.42 Å². The monoisotopic (exact) mass is 235 g/mol. The van der Waals surface area contributed by atoms with Crippen molar-refractivity contribution in [2.75, 3.05) is 5.73 Å². The van der Waals surface area contributed by atoms with Crippen molar-refractivity contribution in [1.29, 1.82) is 0 Å². The van der Waals surface area contributed by atoms with E-state index in [0.29, 0.717) is 5.92 Å². The Morgan fingerprint density at radius 1 is 1.41 bits per heavy atom. The maximum Gasteiger partial charge on any atom is 0.311 e. The number of aromatic nitrogens is 1. The summed E-state index contributed by atoms with van der Waals surface area (Å²) in [6.45, 7) is 0. The van der Waals surface area contributed by atoms with E-state index < -0.39 is 4.92 Å². The molecule has 0 radical (unpaired) electrons. The highest BCUT2D eigenvalue weighted by molar-refractivity contribution is 5.52. The Balaban J connectivity index is 2.10. The summed E-state index contributed by atoms with van der Waals surface area (Å²) in [5.74, 6) is 0.649. The molecule has 1 aliphatic carbocycles. The normalized spacial score (nSPS) is 16.9. The molecule has 1 aliphatic rings. The van der Waals surface area contributed by atoms with E-state index >= 15 is 0 Å². The molecule has 1 aromatic heterocycles. The molecule has 0 bridgehead atoms. The van der Waals surface area contributed by atoms with E-state index in [9.17, 15) is 10.1 Å². The number of nitrogens with zero attached hydrogens (tertiary/aromatic N) is 2. The van der Waals surface area contributed by atoms with Crippen molar-refractivity contribution >= 4 is 11.5 Å². The highest BCUT2D eigenvalue weighted by Crippen LogP contribution is 2.28.